The molecule has 1 aromatic carbocycles. The Bertz CT molecular complexity index is 325. The lowest BCUT2D eigenvalue weighted by atomic mass is 10.2. The lowest BCUT2D eigenvalue weighted by molar-refractivity contribution is -0.0328. The van der Waals surface area contributed by atoms with Crippen LogP contribution in [-0.4, -0.2) is 5.51 Å². The van der Waals surface area contributed by atoms with Crippen LogP contribution in [0.3, 0.4) is 0 Å². The summed E-state index contributed by atoms with van der Waals surface area (Å²) in [4.78, 5) is 0.160. The van der Waals surface area contributed by atoms with E-state index in [2.05, 4.69) is 5.43 Å². The highest BCUT2D eigenvalue weighted by Gasteiger charge is 2.30. The molecule has 0 aliphatic rings. The Labute approximate surface area is 83.6 Å². The van der Waals surface area contributed by atoms with Crippen molar-refractivity contribution < 1.29 is 13.2 Å². The number of thioether (sulfide) groups is 1. The number of hydrogen-bond donors (Lipinski definition) is 2. The molecular weight excluding hydrogens is 213 g/mol. The van der Waals surface area contributed by atoms with Gasteiger partial charge in [0.1, 0.15) is 0 Å². The summed E-state index contributed by atoms with van der Waals surface area (Å²) in [6.07, 6.45) is 0. The van der Waals surface area contributed by atoms with Crippen LogP contribution in [0.4, 0.5) is 18.9 Å². The quantitative estimate of drug-likeness (QED) is 0.459. The van der Waals surface area contributed by atoms with Crippen molar-refractivity contribution in [2.45, 2.75) is 17.3 Å². The highest BCUT2D eigenvalue weighted by molar-refractivity contribution is 8.00. The molecule has 0 aromatic heterocycles. The van der Waals surface area contributed by atoms with Gasteiger partial charge in [0.25, 0.3) is 0 Å². The van der Waals surface area contributed by atoms with E-state index in [0.29, 0.717) is 11.3 Å². The Balaban J connectivity index is 2.98. The fourth-order valence-corrected chi connectivity index (χ4v) is 1.67. The van der Waals surface area contributed by atoms with Crippen LogP contribution in [0.25, 0.3) is 0 Å². The summed E-state index contributed by atoms with van der Waals surface area (Å²) < 4.78 is 36.2. The van der Waals surface area contributed by atoms with Gasteiger partial charge in [0.05, 0.1) is 5.69 Å². The van der Waals surface area contributed by atoms with E-state index in [9.17, 15) is 13.2 Å². The number of hydrogen-bond acceptors (Lipinski definition) is 3. The summed E-state index contributed by atoms with van der Waals surface area (Å²) in [5, 5.41) is 0. The van der Waals surface area contributed by atoms with Crippen molar-refractivity contribution >= 4 is 17.4 Å². The molecule has 78 valence electrons. The number of halogens is 3. The maximum absolute atomic E-state index is 12.1. The number of alkyl halides is 3. The summed E-state index contributed by atoms with van der Waals surface area (Å²) in [6.45, 7) is 1.59. The van der Waals surface area contributed by atoms with Crippen LogP contribution < -0.4 is 11.3 Å². The van der Waals surface area contributed by atoms with E-state index in [4.69, 9.17) is 5.84 Å². The van der Waals surface area contributed by atoms with Crippen molar-refractivity contribution in [2.24, 2.45) is 5.84 Å². The molecule has 0 saturated heterocycles. The van der Waals surface area contributed by atoms with Gasteiger partial charge in [-0.05, 0) is 36.4 Å². The van der Waals surface area contributed by atoms with Gasteiger partial charge in [0.15, 0.2) is 0 Å². The fraction of sp³-hybridized carbons (Fsp3) is 0.250. The normalized spacial score (nSPS) is 11.5. The van der Waals surface area contributed by atoms with E-state index >= 15 is 0 Å². The van der Waals surface area contributed by atoms with Gasteiger partial charge < -0.3 is 5.43 Å². The van der Waals surface area contributed by atoms with Crippen LogP contribution in [0.15, 0.2) is 23.1 Å². The second-order valence-corrected chi connectivity index (χ2v) is 3.73. The minimum atomic E-state index is -4.27. The number of rotatable bonds is 2. The molecule has 0 bridgehead atoms. The third-order valence-electron chi connectivity index (χ3n) is 1.67. The molecule has 0 saturated carbocycles. The zero-order chi connectivity index (χ0) is 10.8. The number of benzene rings is 1. The fourth-order valence-electron chi connectivity index (χ4n) is 1.01. The van der Waals surface area contributed by atoms with Gasteiger partial charge in [-0.15, -0.1) is 0 Å². The molecule has 0 aliphatic carbocycles. The van der Waals surface area contributed by atoms with Crippen molar-refractivity contribution in [1.29, 1.82) is 0 Å². The molecule has 1 rings (SSSR count). The number of nitrogens with one attached hydrogen (secondary N) is 1. The monoisotopic (exact) mass is 222 g/mol. The molecule has 0 heterocycles. The molecule has 14 heavy (non-hydrogen) atoms. The zero-order valence-electron chi connectivity index (χ0n) is 7.35. The van der Waals surface area contributed by atoms with E-state index in [1.54, 1.807) is 13.0 Å². The third-order valence-corrected chi connectivity index (χ3v) is 2.56. The zero-order valence-corrected chi connectivity index (χ0v) is 8.17. The third kappa shape index (κ3) is 2.81. The van der Waals surface area contributed by atoms with Crippen molar-refractivity contribution in [3.05, 3.63) is 23.8 Å². The lowest BCUT2D eigenvalue weighted by Crippen LogP contribution is -2.09. The average molecular weight is 222 g/mol. The van der Waals surface area contributed by atoms with Crippen molar-refractivity contribution in [3.63, 3.8) is 0 Å². The van der Waals surface area contributed by atoms with E-state index < -0.39 is 5.51 Å². The minimum Gasteiger partial charge on any atom is -0.324 e. The van der Waals surface area contributed by atoms with E-state index in [1.165, 1.54) is 12.1 Å². The Hall–Kier alpha value is -0.880. The first kappa shape index (κ1) is 11.2. The van der Waals surface area contributed by atoms with Gasteiger partial charge in [-0.25, -0.2) is 0 Å². The number of hydrazine groups is 1. The topological polar surface area (TPSA) is 38.0 Å². The minimum absolute atomic E-state index is 0.139. The average Bonchev–Trinajstić information content (AvgIpc) is 2.06. The molecule has 2 nitrogen and oxygen atoms in total. The van der Waals surface area contributed by atoms with Crippen LogP contribution in [0, 0.1) is 6.92 Å². The largest absolute Gasteiger partial charge is 0.446 e. The SMILES string of the molecule is Cc1c(NN)cccc1SC(F)(F)F. The first-order valence-electron chi connectivity index (χ1n) is 3.76. The summed E-state index contributed by atoms with van der Waals surface area (Å²) >= 11 is -0.139. The molecule has 0 aliphatic heterocycles. The van der Waals surface area contributed by atoms with E-state index in [1.807, 2.05) is 0 Å². The molecule has 0 amide bonds. The van der Waals surface area contributed by atoms with Gasteiger partial charge in [0.2, 0.25) is 0 Å². The molecule has 0 atom stereocenters. The molecule has 1 aromatic rings. The predicted molar refractivity (Wildman–Crippen MR) is 50.9 cm³/mol. The van der Waals surface area contributed by atoms with Crippen LogP contribution in [0.5, 0.6) is 0 Å². The molecule has 0 radical (unpaired) electrons. The van der Waals surface area contributed by atoms with E-state index in [0.717, 1.165) is 0 Å². The van der Waals surface area contributed by atoms with Crippen molar-refractivity contribution in [1.82, 2.24) is 0 Å². The van der Waals surface area contributed by atoms with Crippen LogP contribution >= 0.6 is 11.8 Å². The molecule has 0 unspecified atom stereocenters. The Morgan fingerprint density at radius 3 is 2.50 bits per heavy atom. The number of nitrogens with two attached hydrogens (primary N) is 1. The predicted octanol–water partition coefficient (Wildman–Crippen LogP) is 2.89. The Kier molecular flexibility index (Phi) is 3.28. The lowest BCUT2D eigenvalue weighted by Gasteiger charge is -2.11. The molecule has 0 spiro atoms. The first-order chi connectivity index (χ1) is 6.44. The maximum atomic E-state index is 12.1. The van der Waals surface area contributed by atoms with Gasteiger partial charge in [0, 0.05) is 4.90 Å². The number of anilines is 1. The Morgan fingerprint density at radius 2 is 2.00 bits per heavy atom. The van der Waals surface area contributed by atoms with Gasteiger partial charge in [-0.3, -0.25) is 5.84 Å². The van der Waals surface area contributed by atoms with Crippen molar-refractivity contribution in [3.8, 4) is 0 Å². The van der Waals surface area contributed by atoms with Gasteiger partial charge in [-0.1, -0.05) is 6.07 Å². The van der Waals surface area contributed by atoms with Gasteiger partial charge in [-0.2, -0.15) is 13.2 Å². The maximum Gasteiger partial charge on any atom is 0.446 e. The van der Waals surface area contributed by atoms with E-state index in [-0.39, 0.29) is 16.7 Å². The highest BCUT2D eigenvalue weighted by Crippen LogP contribution is 2.39. The van der Waals surface area contributed by atoms with Crippen LogP contribution in [0.1, 0.15) is 5.56 Å². The van der Waals surface area contributed by atoms with Crippen LogP contribution in [-0.2, 0) is 0 Å². The van der Waals surface area contributed by atoms with Crippen molar-refractivity contribution in [2.75, 3.05) is 5.43 Å². The first-order valence-corrected chi connectivity index (χ1v) is 4.57. The smallest absolute Gasteiger partial charge is 0.324 e. The molecule has 0 fully saturated rings. The summed E-state index contributed by atoms with van der Waals surface area (Å²) in [6, 6.07) is 4.56. The second-order valence-electron chi connectivity index (χ2n) is 2.62. The molecule has 3 N–H and O–H groups in total. The second kappa shape index (κ2) is 4.10. The summed E-state index contributed by atoms with van der Waals surface area (Å²) in [5.41, 5.74) is -0.928. The molecular formula is C8H9F3N2S. The standard InChI is InChI=1S/C8H9F3N2S/c1-5-6(13-12)3-2-4-7(5)14-8(9,10)11/h2-4,13H,12H2,1H3. The van der Waals surface area contributed by atoms with Crippen LogP contribution in [0.2, 0.25) is 0 Å². The summed E-state index contributed by atoms with van der Waals surface area (Å²) in [7, 11) is 0. The molecule has 6 heteroatoms. The number of nitrogen functional groups attached to an aromatic ring is 1. The summed E-state index contributed by atoms with van der Waals surface area (Å²) in [5.74, 6) is 5.14. The van der Waals surface area contributed by atoms with Gasteiger partial charge >= 0.3 is 5.51 Å². The Morgan fingerprint density at radius 1 is 1.36 bits per heavy atom. The highest BCUT2D eigenvalue weighted by atomic mass is 32.2.